The number of amides is 1. The van der Waals surface area contributed by atoms with Crippen LogP contribution in [0.2, 0.25) is 0 Å². The van der Waals surface area contributed by atoms with Crippen LogP contribution in [0.4, 0.5) is 4.79 Å². The number of hydrogen-bond acceptors (Lipinski definition) is 4. The summed E-state index contributed by atoms with van der Waals surface area (Å²) in [6, 6.07) is -0.708. The normalized spacial score (nSPS) is 19.0. The summed E-state index contributed by atoms with van der Waals surface area (Å²) < 4.78 is 4.66. The Hall–Kier alpha value is -1.10. The van der Waals surface area contributed by atoms with Crippen LogP contribution in [-0.2, 0) is 9.53 Å². The van der Waals surface area contributed by atoms with Crippen molar-refractivity contribution in [1.29, 1.82) is 0 Å². The summed E-state index contributed by atoms with van der Waals surface area (Å²) in [5, 5.41) is 0. The first-order valence-corrected chi connectivity index (χ1v) is 5.32. The van der Waals surface area contributed by atoms with Gasteiger partial charge in [0.15, 0.2) is 0 Å². The third-order valence-corrected chi connectivity index (χ3v) is 2.83. The lowest BCUT2D eigenvalue weighted by Crippen LogP contribution is -2.46. The molecule has 1 aliphatic rings. The fraction of sp³-hybridized carbons (Fsp3) is 0.800. The van der Waals surface area contributed by atoms with Crippen LogP contribution < -0.4 is 5.73 Å². The van der Waals surface area contributed by atoms with Crippen molar-refractivity contribution < 1.29 is 14.3 Å². The molecular weight excluding hydrogens is 196 g/mol. The molecule has 1 saturated heterocycles. The molecule has 0 aromatic rings. The third-order valence-electron chi connectivity index (χ3n) is 2.83. The van der Waals surface area contributed by atoms with Gasteiger partial charge in [-0.3, -0.25) is 0 Å². The molecule has 0 saturated carbocycles. The van der Waals surface area contributed by atoms with Crippen LogP contribution in [-0.4, -0.2) is 36.1 Å². The third kappa shape index (κ3) is 2.92. The van der Waals surface area contributed by atoms with E-state index in [1.807, 2.05) is 13.8 Å². The van der Waals surface area contributed by atoms with Gasteiger partial charge in [-0.1, -0.05) is 20.3 Å². The average Bonchev–Trinajstić information content (AvgIpc) is 2.12. The predicted molar refractivity (Wildman–Crippen MR) is 55.1 cm³/mol. The van der Waals surface area contributed by atoms with Crippen molar-refractivity contribution in [3.8, 4) is 0 Å². The zero-order valence-corrected chi connectivity index (χ0v) is 9.23. The maximum atomic E-state index is 11.4. The van der Waals surface area contributed by atoms with Crippen molar-refractivity contribution in [2.24, 2.45) is 11.7 Å². The molecule has 1 fully saturated rings. The van der Waals surface area contributed by atoms with Gasteiger partial charge in [0.25, 0.3) is 0 Å². The highest BCUT2D eigenvalue weighted by Crippen LogP contribution is 2.11. The minimum Gasteiger partial charge on any atom is -0.375 e. The minimum absolute atomic E-state index is 0.0293. The largest absolute Gasteiger partial charge is 0.417 e. The van der Waals surface area contributed by atoms with Gasteiger partial charge in [0.1, 0.15) is 6.04 Å². The summed E-state index contributed by atoms with van der Waals surface area (Å²) in [4.78, 5) is 24.2. The lowest BCUT2D eigenvalue weighted by atomic mass is 10.0. The molecule has 5 nitrogen and oxygen atoms in total. The van der Waals surface area contributed by atoms with Gasteiger partial charge in [-0.15, -0.1) is 0 Å². The van der Waals surface area contributed by atoms with Crippen LogP contribution in [0, 0.1) is 5.92 Å². The molecule has 15 heavy (non-hydrogen) atoms. The van der Waals surface area contributed by atoms with Gasteiger partial charge in [-0.25, -0.2) is 9.59 Å². The van der Waals surface area contributed by atoms with Crippen LogP contribution in [0.15, 0.2) is 0 Å². The Morgan fingerprint density at radius 1 is 1.47 bits per heavy atom. The molecule has 1 rings (SSSR count). The van der Waals surface area contributed by atoms with Gasteiger partial charge in [0, 0.05) is 13.1 Å². The molecule has 1 heterocycles. The van der Waals surface area contributed by atoms with Gasteiger partial charge in [0.05, 0.1) is 0 Å². The van der Waals surface area contributed by atoms with Gasteiger partial charge in [-0.2, -0.15) is 0 Å². The molecule has 2 N–H and O–H groups in total. The van der Waals surface area contributed by atoms with Crippen LogP contribution in [0.5, 0.6) is 0 Å². The zero-order valence-electron chi connectivity index (χ0n) is 9.23. The highest BCUT2D eigenvalue weighted by Gasteiger charge is 2.28. The number of esters is 1. The maximum Gasteiger partial charge on any atom is 0.417 e. The van der Waals surface area contributed by atoms with Gasteiger partial charge >= 0.3 is 12.1 Å². The zero-order chi connectivity index (χ0) is 11.4. The fourth-order valence-electron chi connectivity index (χ4n) is 1.20. The second kappa shape index (κ2) is 5.11. The van der Waals surface area contributed by atoms with E-state index < -0.39 is 18.1 Å². The Bertz CT molecular complexity index is 251. The monoisotopic (exact) mass is 214 g/mol. The SMILES string of the molecule is CC[C@H](C)[C@H](N)C(=O)OC(=O)N1CCC1. The highest BCUT2D eigenvalue weighted by molar-refractivity contribution is 5.87. The molecule has 0 aliphatic carbocycles. The summed E-state index contributed by atoms with van der Waals surface area (Å²) in [6.07, 6.45) is 1.19. The van der Waals surface area contributed by atoms with E-state index in [9.17, 15) is 9.59 Å². The number of rotatable bonds is 3. The first-order valence-electron chi connectivity index (χ1n) is 5.32. The lowest BCUT2D eigenvalue weighted by molar-refractivity contribution is -0.141. The number of carbonyl (C=O) groups is 2. The number of likely N-dealkylation sites (tertiary alicyclic amines) is 1. The van der Waals surface area contributed by atoms with E-state index in [1.54, 1.807) is 0 Å². The molecule has 0 unspecified atom stereocenters. The van der Waals surface area contributed by atoms with E-state index in [-0.39, 0.29) is 5.92 Å². The number of carbonyl (C=O) groups excluding carboxylic acids is 2. The molecule has 2 atom stereocenters. The summed E-state index contributed by atoms with van der Waals surface area (Å²) in [5.41, 5.74) is 5.63. The van der Waals surface area contributed by atoms with Gasteiger partial charge in [-0.05, 0) is 12.3 Å². The van der Waals surface area contributed by atoms with Crippen molar-refractivity contribution in [2.75, 3.05) is 13.1 Å². The van der Waals surface area contributed by atoms with E-state index in [2.05, 4.69) is 4.74 Å². The van der Waals surface area contributed by atoms with E-state index in [1.165, 1.54) is 4.90 Å². The predicted octanol–water partition coefficient (Wildman–Crippen LogP) is 0.729. The summed E-state index contributed by atoms with van der Waals surface area (Å²) in [7, 11) is 0. The second-order valence-electron chi connectivity index (χ2n) is 3.94. The van der Waals surface area contributed by atoms with Crippen LogP contribution in [0.3, 0.4) is 0 Å². The Kier molecular flexibility index (Phi) is 4.08. The number of nitrogens with zero attached hydrogens (tertiary/aromatic N) is 1. The van der Waals surface area contributed by atoms with E-state index in [0.29, 0.717) is 13.1 Å². The molecule has 0 aromatic carbocycles. The van der Waals surface area contributed by atoms with Crippen molar-refractivity contribution in [2.45, 2.75) is 32.7 Å². The number of ether oxygens (including phenoxy) is 1. The van der Waals surface area contributed by atoms with Crippen LogP contribution in [0.25, 0.3) is 0 Å². The lowest BCUT2D eigenvalue weighted by Gasteiger charge is -2.29. The number of nitrogens with two attached hydrogens (primary N) is 1. The Morgan fingerprint density at radius 2 is 2.07 bits per heavy atom. The summed E-state index contributed by atoms with van der Waals surface area (Å²) >= 11 is 0. The van der Waals surface area contributed by atoms with Gasteiger partial charge < -0.3 is 15.4 Å². The standard InChI is InChI=1S/C10H18N2O3/c1-3-7(2)8(11)9(13)15-10(14)12-5-4-6-12/h7-8H,3-6,11H2,1-2H3/t7-,8-/m0/s1. The topological polar surface area (TPSA) is 72.6 Å². The van der Waals surface area contributed by atoms with Crippen LogP contribution >= 0.6 is 0 Å². The summed E-state index contributed by atoms with van der Waals surface area (Å²) in [5.74, 6) is -0.594. The molecular formula is C10H18N2O3. The van der Waals surface area contributed by atoms with Crippen molar-refractivity contribution in [1.82, 2.24) is 4.90 Å². The first kappa shape index (κ1) is 12.0. The second-order valence-corrected chi connectivity index (χ2v) is 3.94. The Morgan fingerprint density at radius 3 is 2.47 bits per heavy atom. The molecule has 0 radical (unpaired) electrons. The Balaban J connectivity index is 2.36. The van der Waals surface area contributed by atoms with Crippen molar-refractivity contribution >= 4 is 12.1 Å². The van der Waals surface area contributed by atoms with E-state index in [4.69, 9.17) is 5.73 Å². The molecule has 0 spiro atoms. The van der Waals surface area contributed by atoms with E-state index in [0.717, 1.165) is 12.8 Å². The molecule has 0 aromatic heterocycles. The number of hydrogen-bond donors (Lipinski definition) is 1. The fourth-order valence-corrected chi connectivity index (χ4v) is 1.20. The molecule has 86 valence electrons. The first-order chi connectivity index (χ1) is 7.06. The minimum atomic E-state index is -0.708. The molecule has 0 bridgehead atoms. The Labute approximate surface area is 89.6 Å². The van der Waals surface area contributed by atoms with Crippen molar-refractivity contribution in [3.63, 3.8) is 0 Å². The molecule has 1 amide bonds. The summed E-state index contributed by atoms with van der Waals surface area (Å²) in [6.45, 7) is 5.14. The molecule has 5 heteroatoms. The highest BCUT2D eigenvalue weighted by atomic mass is 16.6. The molecule has 1 aliphatic heterocycles. The quantitative estimate of drug-likeness (QED) is 0.555. The average molecular weight is 214 g/mol. The van der Waals surface area contributed by atoms with Crippen molar-refractivity contribution in [3.05, 3.63) is 0 Å². The maximum absolute atomic E-state index is 11.4. The smallest absolute Gasteiger partial charge is 0.375 e. The van der Waals surface area contributed by atoms with E-state index >= 15 is 0 Å². The van der Waals surface area contributed by atoms with Crippen LogP contribution in [0.1, 0.15) is 26.7 Å². The van der Waals surface area contributed by atoms with Gasteiger partial charge in [0.2, 0.25) is 0 Å².